The third-order valence-corrected chi connectivity index (χ3v) is 3.66. The summed E-state index contributed by atoms with van der Waals surface area (Å²) in [5.41, 5.74) is 2.82. The van der Waals surface area contributed by atoms with E-state index in [-0.39, 0.29) is 6.04 Å². The number of halogens is 1. The summed E-state index contributed by atoms with van der Waals surface area (Å²) in [5.74, 6) is 2.71. The molecule has 2 rings (SSSR count). The van der Waals surface area contributed by atoms with Crippen LogP contribution in [0.15, 0.2) is 22.7 Å². The van der Waals surface area contributed by atoms with Gasteiger partial charge >= 0.3 is 0 Å². The molecule has 0 spiro atoms. The van der Waals surface area contributed by atoms with Crippen LogP contribution in [-0.2, 0) is 6.42 Å². The fourth-order valence-corrected chi connectivity index (χ4v) is 2.71. The van der Waals surface area contributed by atoms with Crippen LogP contribution in [0.4, 0.5) is 0 Å². The predicted molar refractivity (Wildman–Crippen MR) is 66.6 cm³/mol. The molecule has 1 aliphatic carbocycles. The fraction of sp³-hybridized carbons (Fsp3) is 0.385. The van der Waals surface area contributed by atoms with E-state index >= 15 is 0 Å². The Bertz CT molecular complexity index is 405. The van der Waals surface area contributed by atoms with E-state index in [9.17, 15) is 0 Å². The summed E-state index contributed by atoms with van der Waals surface area (Å²) in [6, 6.07) is 6.94. The quantitative estimate of drug-likeness (QED) is 0.809. The predicted octanol–water partition coefficient (Wildman–Crippen LogP) is 3.05. The van der Waals surface area contributed by atoms with Crippen molar-refractivity contribution in [2.24, 2.45) is 0 Å². The molecule has 2 atom stereocenters. The Kier molecular flexibility index (Phi) is 3.14. The molecule has 0 aromatic heterocycles. The van der Waals surface area contributed by atoms with Gasteiger partial charge in [0.2, 0.25) is 0 Å². The van der Waals surface area contributed by atoms with E-state index in [1.54, 1.807) is 0 Å². The van der Waals surface area contributed by atoms with Gasteiger partial charge in [0.1, 0.15) is 0 Å². The van der Waals surface area contributed by atoms with Gasteiger partial charge in [0.05, 0.1) is 6.04 Å². The molecular weight excluding hydrogens is 250 g/mol. The van der Waals surface area contributed by atoms with Gasteiger partial charge in [-0.3, -0.25) is 5.32 Å². The normalized spacial score (nSPS) is 20.7. The molecule has 1 aliphatic rings. The third kappa shape index (κ3) is 2.09. The molecule has 0 bridgehead atoms. The van der Waals surface area contributed by atoms with E-state index in [2.05, 4.69) is 45.4 Å². The van der Waals surface area contributed by atoms with Gasteiger partial charge in [0, 0.05) is 10.5 Å². The monoisotopic (exact) mass is 263 g/mol. The average Bonchev–Trinajstić information content (AvgIpc) is 2.63. The van der Waals surface area contributed by atoms with E-state index in [1.807, 2.05) is 6.92 Å². The molecule has 1 aromatic carbocycles. The first-order chi connectivity index (χ1) is 7.22. The van der Waals surface area contributed by atoms with E-state index in [0.29, 0.717) is 6.04 Å². The van der Waals surface area contributed by atoms with Crippen molar-refractivity contribution in [3.05, 3.63) is 33.8 Å². The smallest absolute Gasteiger partial charge is 0.0663 e. The van der Waals surface area contributed by atoms with Gasteiger partial charge in [0.25, 0.3) is 0 Å². The third-order valence-electron chi connectivity index (χ3n) is 2.91. The fourth-order valence-electron chi connectivity index (χ4n) is 2.13. The van der Waals surface area contributed by atoms with Crippen molar-refractivity contribution in [2.45, 2.75) is 31.8 Å². The van der Waals surface area contributed by atoms with Crippen LogP contribution >= 0.6 is 15.9 Å². The molecule has 78 valence electrons. The number of terminal acetylenes is 1. The Morgan fingerprint density at radius 2 is 2.40 bits per heavy atom. The maximum Gasteiger partial charge on any atom is 0.0663 e. The average molecular weight is 264 g/mol. The van der Waals surface area contributed by atoms with Crippen LogP contribution in [0, 0.1) is 12.3 Å². The molecule has 0 saturated heterocycles. The van der Waals surface area contributed by atoms with Crippen LogP contribution in [0.1, 0.15) is 30.5 Å². The van der Waals surface area contributed by atoms with Crippen molar-refractivity contribution in [3.8, 4) is 12.3 Å². The molecule has 1 nitrogen and oxygen atoms in total. The van der Waals surface area contributed by atoms with Crippen LogP contribution in [-0.4, -0.2) is 6.04 Å². The SMILES string of the molecule is C#CC(C)NC1CCc2c(Br)cccc21. The topological polar surface area (TPSA) is 12.0 Å². The lowest BCUT2D eigenvalue weighted by atomic mass is 10.1. The lowest BCUT2D eigenvalue weighted by Gasteiger charge is -2.16. The highest BCUT2D eigenvalue weighted by Crippen LogP contribution is 2.35. The Hall–Kier alpha value is -0.780. The zero-order valence-electron chi connectivity index (χ0n) is 8.76. The Labute approximate surface area is 99.4 Å². The molecular formula is C13H14BrN. The molecule has 1 N–H and O–H groups in total. The summed E-state index contributed by atoms with van der Waals surface area (Å²) in [6.45, 7) is 2.02. The van der Waals surface area contributed by atoms with Crippen LogP contribution in [0.25, 0.3) is 0 Å². The Morgan fingerprint density at radius 3 is 3.13 bits per heavy atom. The van der Waals surface area contributed by atoms with Crippen molar-refractivity contribution >= 4 is 15.9 Å². The second-order valence-corrected chi connectivity index (χ2v) is 4.81. The lowest BCUT2D eigenvalue weighted by molar-refractivity contribution is 0.508. The second kappa shape index (κ2) is 4.38. The van der Waals surface area contributed by atoms with E-state index < -0.39 is 0 Å². The van der Waals surface area contributed by atoms with Gasteiger partial charge in [-0.2, -0.15) is 0 Å². The van der Waals surface area contributed by atoms with E-state index in [4.69, 9.17) is 6.42 Å². The van der Waals surface area contributed by atoms with Gasteiger partial charge in [0.15, 0.2) is 0 Å². The van der Waals surface area contributed by atoms with Crippen molar-refractivity contribution in [1.82, 2.24) is 5.32 Å². The summed E-state index contributed by atoms with van der Waals surface area (Å²) < 4.78 is 1.22. The number of benzene rings is 1. The number of fused-ring (bicyclic) bond motifs is 1. The van der Waals surface area contributed by atoms with E-state index in [1.165, 1.54) is 15.6 Å². The molecule has 0 fully saturated rings. The molecule has 2 heteroatoms. The zero-order valence-corrected chi connectivity index (χ0v) is 10.3. The molecule has 0 amide bonds. The highest BCUT2D eigenvalue weighted by atomic mass is 79.9. The molecule has 0 saturated carbocycles. The standard InChI is InChI=1S/C13H14BrN/c1-3-9(2)15-13-8-7-10-11(13)5-4-6-12(10)14/h1,4-6,9,13,15H,7-8H2,2H3. The largest absolute Gasteiger partial charge is 0.297 e. The molecule has 0 heterocycles. The summed E-state index contributed by atoms with van der Waals surface area (Å²) in [6.07, 6.45) is 7.65. The van der Waals surface area contributed by atoms with Crippen molar-refractivity contribution in [3.63, 3.8) is 0 Å². The minimum Gasteiger partial charge on any atom is -0.297 e. The van der Waals surface area contributed by atoms with Crippen LogP contribution < -0.4 is 5.32 Å². The molecule has 0 radical (unpaired) electrons. The Balaban J connectivity index is 2.22. The molecule has 0 aliphatic heterocycles. The van der Waals surface area contributed by atoms with Crippen molar-refractivity contribution in [2.75, 3.05) is 0 Å². The number of rotatable bonds is 2. The zero-order chi connectivity index (χ0) is 10.8. The molecule has 2 unspecified atom stereocenters. The second-order valence-electron chi connectivity index (χ2n) is 3.95. The minimum absolute atomic E-state index is 0.139. The number of hydrogen-bond acceptors (Lipinski definition) is 1. The number of hydrogen-bond donors (Lipinski definition) is 1. The molecule has 15 heavy (non-hydrogen) atoms. The summed E-state index contributed by atoms with van der Waals surface area (Å²) in [7, 11) is 0. The van der Waals surface area contributed by atoms with Gasteiger partial charge in [-0.1, -0.05) is 34.0 Å². The van der Waals surface area contributed by atoms with Crippen LogP contribution in [0.2, 0.25) is 0 Å². The molecule has 1 aromatic rings. The summed E-state index contributed by atoms with van der Waals surface area (Å²) in [4.78, 5) is 0. The van der Waals surface area contributed by atoms with Crippen LogP contribution in [0.5, 0.6) is 0 Å². The highest BCUT2D eigenvalue weighted by Gasteiger charge is 2.24. The van der Waals surface area contributed by atoms with E-state index in [0.717, 1.165) is 12.8 Å². The first-order valence-corrected chi connectivity index (χ1v) is 6.01. The van der Waals surface area contributed by atoms with Gasteiger partial charge < -0.3 is 0 Å². The van der Waals surface area contributed by atoms with Crippen molar-refractivity contribution < 1.29 is 0 Å². The number of nitrogens with one attached hydrogen (secondary N) is 1. The Morgan fingerprint density at radius 1 is 1.60 bits per heavy atom. The van der Waals surface area contributed by atoms with Crippen molar-refractivity contribution in [1.29, 1.82) is 0 Å². The first-order valence-electron chi connectivity index (χ1n) is 5.22. The highest BCUT2D eigenvalue weighted by molar-refractivity contribution is 9.10. The first kappa shape index (κ1) is 10.7. The van der Waals surface area contributed by atoms with Gasteiger partial charge in [-0.25, -0.2) is 0 Å². The van der Waals surface area contributed by atoms with Gasteiger partial charge in [-0.05, 0) is 37.0 Å². The maximum atomic E-state index is 5.38. The maximum absolute atomic E-state index is 5.38. The lowest BCUT2D eigenvalue weighted by Crippen LogP contribution is -2.27. The summed E-state index contributed by atoms with van der Waals surface area (Å²) >= 11 is 3.59. The summed E-state index contributed by atoms with van der Waals surface area (Å²) in [5, 5.41) is 3.45. The van der Waals surface area contributed by atoms with Gasteiger partial charge in [-0.15, -0.1) is 6.42 Å². The van der Waals surface area contributed by atoms with Crippen LogP contribution in [0.3, 0.4) is 0 Å². The minimum atomic E-state index is 0.139.